The molecule has 0 bridgehead atoms. The number of likely N-dealkylation sites (tertiary alicyclic amines) is 1. The van der Waals surface area contributed by atoms with Crippen molar-refractivity contribution in [1.29, 1.82) is 0 Å². The van der Waals surface area contributed by atoms with Crippen molar-refractivity contribution in [3.05, 3.63) is 30.3 Å². The third-order valence-electron chi connectivity index (χ3n) is 4.36. The van der Waals surface area contributed by atoms with Gasteiger partial charge in [0.25, 0.3) is 0 Å². The summed E-state index contributed by atoms with van der Waals surface area (Å²) in [5.41, 5.74) is -0.462. The van der Waals surface area contributed by atoms with Gasteiger partial charge in [0.1, 0.15) is 18.0 Å². The van der Waals surface area contributed by atoms with E-state index in [4.69, 9.17) is 9.47 Å². The van der Waals surface area contributed by atoms with Crippen LogP contribution in [-0.2, 0) is 4.74 Å². The third-order valence-corrected chi connectivity index (χ3v) is 4.36. The van der Waals surface area contributed by atoms with Crippen LogP contribution in [0.3, 0.4) is 0 Å². The van der Waals surface area contributed by atoms with Crippen molar-refractivity contribution in [2.45, 2.75) is 39.2 Å². The number of ether oxygens (including phenoxy) is 2. The van der Waals surface area contributed by atoms with Crippen LogP contribution in [0.2, 0.25) is 0 Å². The Kier molecular flexibility index (Phi) is 11.2. The molecule has 1 saturated heterocycles. The van der Waals surface area contributed by atoms with E-state index in [1.165, 1.54) is 0 Å². The number of carbonyl (C=O) groups is 1. The highest BCUT2D eigenvalue weighted by atomic mass is 127. The largest absolute Gasteiger partial charge is 0.492 e. The van der Waals surface area contributed by atoms with E-state index in [1.54, 1.807) is 7.05 Å². The van der Waals surface area contributed by atoms with Crippen molar-refractivity contribution in [2.24, 2.45) is 10.9 Å². The number of rotatable bonds is 6. The number of guanidine groups is 1. The Bertz CT molecular complexity index is 635. The molecule has 0 saturated carbocycles. The quantitative estimate of drug-likeness (QED) is 0.261. The van der Waals surface area contributed by atoms with E-state index >= 15 is 0 Å². The highest BCUT2D eigenvalue weighted by Crippen LogP contribution is 2.18. The zero-order valence-corrected chi connectivity index (χ0v) is 20.3. The van der Waals surface area contributed by atoms with Gasteiger partial charge in [-0.2, -0.15) is 0 Å². The molecule has 164 valence electrons. The number of hydrogen-bond donors (Lipinski definition) is 2. The number of halogens is 1. The number of amides is 1. The topological polar surface area (TPSA) is 75.2 Å². The molecule has 1 atom stereocenters. The van der Waals surface area contributed by atoms with Crippen LogP contribution in [0.4, 0.5) is 4.79 Å². The van der Waals surface area contributed by atoms with Crippen molar-refractivity contribution in [3.63, 3.8) is 0 Å². The Morgan fingerprint density at radius 1 is 1.24 bits per heavy atom. The van der Waals surface area contributed by atoms with Gasteiger partial charge in [-0.1, -0.05) is 18.2 Å². The minimum absolute atomic E-state index is 0. The fourth-order valence-electron chi connectivity index (χ4n) is 3.04. The van der Waals surface area contributed by atoms with Gasteiger partial charge in [0.15, 0.2) is 5.96 Å². The minimum Gasteiger partial charge on any atom is -0.492 e. The van der Waals surface area contributed by atoms with Crippen molar-refractivity contribution in [2.75, 3.05) is 39.8 Å². The molecular formula is C21H35IN4O3. The van der Waals surface area contributed by atoms with Gasteiger partial charge in [0, 0.05) is 26.7 Å². The molecule has 1 amide bonds. The van der Waals surface area contributed by atoms with Crippen LogP contribution in [0.15, 0.2) is 35.3 Å². The van der Waals surface area contributed by atoms with Gasteiger partial charge in [-0.3, -0.25) is 4.99 Å². The molecule has 29 heavy (non-hydrogen) atoms. The van der Waals surface area contributed by atoms with Gasteiger partial charge >= 0.3 is 6.09 Å². The second kappa shape index (κ2) is 12.8. The summed E-state index contributed by atoms with van der Waals surface area (Å²) in [5, 5.41) is 6.60. The predicted molar refractivity (Wildman–Crippen MR) is 127 cm³/mol. The van der Waals surface area contributed by atoms with Crippen LogP contribution >= 0.6 is 24.0 Å². The first kappa shape index (κ1) is 25.3. The molecule has 1 aromatic rings. The molecule has 0 spiro atoms. The predicted octanol–water partition coefficient (Wildman–Crippen LogP) is 3.50. The molecule has 0 radical (unpaired) electrons. The van der Waals surface area contributed by atoms with Gasteiger partial charge < -0.3 is 25.0 Å². The van der Waals surface area contributed by atoms with Crippen LogP contribution in [0.25, 0.3) is 0 Å². The average molecular weight is 518 g/mol. The maximum atomic E-state index is 12.3. The van der Waals surface area contributed by atoms with E-state index in [9.17, 15) is 4.79 Å². The smallest absolute Gasteiger partial charge is 0.410 e. The zero-order valence-electron chi connectivity index (χ0n) is 17.9. The number of nitrogens with one attached hydrogen (secondary N) is 2. The Labute approximate surface area is 191 Å². The zero-order chi connectivity index (χ0) is 20.4. The van der Waals surface area contributed by atoms with Crippen molar-refractivity contribution in [3.8, 4) is 5.75 Å². The van der Waals surface area contributed by atoms with Gasteiger partial charge in [-0.15, -0.1) is 24.0 Å². The molecular weight excluding hydrogens is 483 g/mol. The fourth-order valence-corrected chi connectivity index (χ4v) is 3.04. The van der Waals surface area contributed by atoms with Crippen LogP contribution in [0, 0.1) is 5.92 Å². The molecule has 1 aliphatic heterocycles. The molecule has 1 aliphatic rings. The summed E-state index contributed by atoms with van der Waals surface area (Å²) >= 11 is 0. The maximum absolute atomic E-state index is 12.3. The van der Waals surface area contributed by atoms with E-state index in [0.29, 0.717) is 25.6 Å². The van der Waals surface area contributed by atoms with E-state index < -0.39 is 5.60 Å². The van der Waals surface area contributed by atoms with Gasteiger partial charge in [-0.25, -0.2) is 4.79 Å². The molecule has 7 nitrogen and oxygen atoms in total. The lowest BCUT2D eigenvalue weighted by molar-refractivity contribution is 0.0168. The van der Waals surface area contributed by atoms with Crippen molar-refractivity contribution in [1.82, 2.24) is 15.5 Å². The monoisotopic (exact) mass is 518 g/mol. The average Bonchev–Trinajstić information content (AvgIpc) is 2.67. The summed E-state index contributed by atoms with van der Waals surface area (Å²) in [6.45, 7) is 9.12. The molecule has 2 rings (SSSR count). The molecule has 0 aromatic heterocycles. The summed E-state index contributed by atoms with van der Waals surface area (Å²) < 4.78 is 11.2. The maximum Gasteiger partial charge on any atom is 0.410 e. The molecule has 1 heterocycles. The lowest BCUT2D eigenvalue weighted by atomic mass is 9.98. The van der Waals surface area contributed by atoms with Crippen LogP contribution in [0.1, 0.15) is 33.6 Å². The van der Waals surface area contributed by atoms with Crippen LogP contribution < -0.4 is 15.4 Å². The first-order chi connectivity index (χ1) is 13.4. The number of nitrogens with zero attached hydrogens (tertiary/aromatic N) is 2. The number of para-hydroxylation sites is 1. The summed E-state index contributed by atoms with van der Waals surface area (Å²) in [5.74, 6) is 1.98. The van der Waals surface area contributed by atoms with Gasteiger partial charge in [0.05, 0.1) is 6.54 Å². The third kappa shape index (κ3) is 10.0. The van der Waals surface area contributed by atoms with Crippen LogP contribution in [0.5, 0.6) is 5.75 Å². The summed E-state index contributed by atoms with van der Waals surface area (Å²) in [7, 11) is 1.75. The SMILES string of the molecule is CN=C(NCCOc1ccccc1)NCC1CCCN(C(=O)OC(C)(C)C)C1.I. The Balaban J connectivity index is 0.00000420. The highest BCUT2D eigenvalue weighted by Gasteiger charge is 2.27. The van der Waals surface area contributed by atoms with E-state index in [2.05, 4.69) is 15.6 Å². The Morgan fingerprint density at radius 2 is 1.97 bits per heavy atom. The Hall–Kier alpha value is -1.71. The lowest BCUT2D eigenvalue weighted by Crippen LogP contribution is -2.47. The van der Waals surface area contributed by atoms with E-state index in [-0.39, 0.29) is 30.1 Å². The van der Waals surface area contributed by atoms with E-state index in [1.807, 2.05) is 56.0 Å². The van der Waals surface area contributed by atoms with Gasteiger partial charge in [0.2, 0.25) is 0 Å². The number of carbonyl (C=O) groups excluding carboxylic acids is 1. The van der Waals surface area contributed by atoms with E-state index in [0.717, 1.165) is 37.6 Å². The number of benzene rings is 1. The first-order valence-corrected chi connectivity index (χ1v) is 9.97. The number of aliphatic imine (C=N–C) groups is 1. The summed E-state index contributed by atoms with van der Waals surface area (Å²) in [6, 6.07) is 9.74. The van der Waals surface area contributed by atoms with Crippen LogP contribution in [-0.4, -0.2) is 62.4 Å². The molecule has 2 N–H and O–H groups in total. The molecule has 8 heteroatoms. The second-order valence-electron chi connectivity index (χ2n) is 7.98. The molecule has 1 unspecified atom stereocenters. The standard InChI is InChI=1S/C21H34N4O3.HI/c1-21(2,3)28-20(26)25-13-8-9-17(16-25)15-24-19(22-4)23-12-14-27-18-10-6-5-7-11-18;/h5-7,10-11,17H,8-9,12-16H2,1-4H3,(H2,22,23,24);1H. The highest BCUT2D eigenvalue weighted by molar-refractivity contribution is 14.0. The molecule has 1 aromatic carbocycles. The fraction of sp³-hybridized carbons (Fsp3) is 0.619. The molecule has 0 aliphatic carbocycles. The molecule has 1 fully saturated rings. The normalized spacial score (nSPS) is 17.2. The minimum atomic E-state index is -0.462. The van der Waals surface area contributed by atoms with Crippen molar-refractivity contribution >= 4 is 36.0 Å². The first-order valence-electron chi connectivity index (χ1n) is 9.97. The van der Waals surface area contributed by atoms with Gasteiger partial charge in [-0.05, 0) is 51.7 Å². The van der Waals surface area contributed by atoms with Crippen molar-refractivity contribution < 1.29 is 14.3 Å². The number of piperidine rings is 1. The number of hydrogen-bond acceptors (Lipinski definition) is 4. The summed E-state index contributed by atoms with van der Waals surface area (Å²) in [4.78, 5) is 18.3. The summed E-state index contributed by atoms with van der Waals surface area (Å²) in [6.07, 6.45) is 1.85. The lowest BCUT2D eigenvalue weighted by Gasteiger charge is -2.34. The Morgan fingerprint density at radius 3 is 2.62 bits per heavy atom. The second-order valence-corrected chi connectivity index (χ2v) is 7.98.